The molecule has 1 aromatic heterocycles. The molecule has 0 aliphatic carbocycles. The molecule has 0 bridgehead atoms. The van der Waals surface area contributed by atoms with Gasteiger partial charge in [0.15, 0.2) is 5.82 Å². The fourth-order valence-corrected chi connectivity index (χ4v) is 1.24. The Morgan fingerprint density at radius 1 is 1.46 bits per heavy atom. The predicted molar refractivity (Wildman–Crippen MR) is 52.6 cm³/mol. The van der Waals surface area contributed by atoms with Crippen molar-refractivity contribution in [1.82, 2.24) is 9.78 Å². The maximum Gasteiger partial charge on any atom is 0.164 e. The number of aliphatic hydroxyl groups excluding tert-OH is 1. The highest BCUT2D eigenvalue weighted by Gasteiger charge is 2.01. The maximum absolute atomic E-state index is 8.55. The number of unbranched alkanes of at least 4 members (excludes halogenated alkanes) is 2. The van der Waals surface area contributed by atoms with Gasteiger partial charge in [-0.05, 0) is 19.3 Å². The molecule has 0 radical (unpaired) electrons. The van der Waals surface area contributed by atoms with Crippen molar-refractivity contribution in [3.05, 3.63) is 11.2 Å². The summed E-state index contributed by atoms with van der Waals surface area (Å²) < 4.78 is 1.73. The molecule has 0 aromatic carbocycles. The molecular formula is C8H14ClN3O. The van der Waals surface area contributed by atoms with E-state index < -0.39 is 0 Å². The van der Waals surface area contributed by atoms with Gasteiger partial charge in [-0.15, -0.1) is 0 Å². The second-order valence-corrected chi connectivity index (χ2v) is 3.32. The molecule has 74 valence electrons. The molecule has 0 atom stereocenters. The summed E-state index contributed by atoms with van der Waals surface area (Å²) in [4.78, 5) is 0. The summed E-state index contributed by atoms with van der Waals surface area (Å²) in [6.45, 7) is 1.05. The van der Waals surface area contributed by atoms with E-state index in [-0.39, 0.29) is 6.61 Å². The highest BCUT2D eigenvalue weighted by Crippen LogP contribution is 2.15. The second-order valence-electron chi connectivity index (χ2n) is 2.91. The van der Waals surface area contributed by atoms with E-state index in [2.05, 4.69) is 5.10 Å². The number of aromatic nitrogens is 2. The molecule has 1 aromatic rings. The van der Waals surface area contributed by atoms with Crippen LogP contribution in [0.4, 0.5) is 5.82 Å². The normalized spacial score (nSPS) is 10.6. The van der Waals surface area contributed by atoms with Gasteiger partial charge >= 0.3 is 0 Å². The molecule has 0 amide bonds. The topological polar surface area (TPSA) is 64.1 Å². The molecule has 0 unspecified atom stereocenters. The van der Waals surface area contributed by atoms with E-state index in [1.54, 1.807) is 10.9 Å². The minimum absolute atomic E-state index is 0.252. The highest BCUT2D eigenvalue weighted by molar-refractivity contribution is 6.32. The first-order chi connectivity index (χ1) is 6.24. The zero-order valence-electron chi connectivity index (χ0n) is 7.41. The van der Waals surface area contributed by atoms with E-state index in [4.69, 9.17) is 22.4 Å². The number of hydrogen-bond acceptors (Lipinski definition) is 3. The zero-order valence-corrected chi connectivity index (χ0v) is 8.17. The third-order valence-electron chi connectivity index (χ3n) is 1.79. The van der Waals surface area contributed by atoms with Crippen molar-refractivity contribution in [1.29, 1.82) is 0 Å². The summed E-state index contributed by atoms with van der Waals surface area (Å²) in [5.74, 6) is 0.379. The first kappa shape index (κ1) is 10.3. The quantitative estimate of drug-likeness (QED) is 0.709. The van der Waals surface area contributed by atoms with Crippen LogP contribution in [0.15, 0.2) is 6.20 Å². The Balaban J connectivity index is 2.29. The number of nitrogens with zero attached hydrogens (tertiary/aromatic N) is 2. The van der Waals surface area contributed by atoms with E-state index >= 15 is 0 Å². The minimum atomic E-state index is 0.252. The fraction of sp³-hybridized carbons (Fsp3) is 0.625. The van der Waals surface area contributed by atoms with Crippen LogP contribution in [-0.4, -0.2) is 21.5 Å². The Hall–Kier alpha value is -0.740. The minimum Gasteiger partial charge on any atom is -0.396 e. The Bertz CT molecular complexity index is 242. The van der Waals surface area contributed by atoms with Gasteiger partial charge in [0.25, 0.3) is 0 Å². The van der Waals surface area contributed by atoms with Crippen molar-refractivity contribution in [3.63, 3.8) is 0 Å². The van der Waals surface area contributed by atoms with Crippen molar-refractivity contribution in [2.75, 3.05) is 12.3 Å². The maximum atomic E-state index is 8.55. The summed E-state index contributed by atoms with van der Waals surface area (Å²) in [6.07, 6.45) is 4.53. The van der Waals surface area contributed by atoms with Crippen LogP contribution in [0.5, 0.6) is 0 Å². The Kier molecular flexibility index (Phi) is 4.05. The molecule has 1 rings (SSSR count). The van der Waals surface area contributed by atoms with Crippen molar-refractivity contribution in [3.8, 4) is 0 Å². The first-order valence-corrected chi connectivity index (χ1v) is 4.71. The summed E-state index contributed by atoms with van der Waals surface area (Å²) >= 11 is 5.72. The van der Waals surface area contributed by atoms with E-state index in [1.807, 2.05) is 0 Å². The largest absolute Gasteiger partial charge is 0.396 e. The van der Waals surface area contributed by atoms with Crippen LogP contribution in [0, 0.1) is 0 Å². The second kappa shape index (κ2) is 5.09. The molecule has 1 heterocycles. The predicted octanol–water partition coefficient (Wildman–Crippen LogP) is 1.28. The number of nitrogens with two attached hydrogens (primary N) is 1. The van der Waals surface area contributed by atoms with E-state index in [9.17, 15) is 0 Å². The molecule has 0 aliphatic heterocycles. The molecule has 0 fully saturated rings. The number of halogens is 1. The number of nitrogen functional groups attached to an aromatic ring is 1. The number of rotatable bonds is 5. The van der Waals surface area contributed by atoms with Crippen LogP contribution in [-0.2, 0) is 6.54 Å². The molecule has 3 N–H and O–H groups in total. The number of aryl methyl sites for hydroxylation is 1. The molecule has 5 heteroatoms. The molecular weight excluding hydrogens is 190 g/mol. The number of anilines is 1. The van der Waals surface area contributed by atoms with Gasteiger partial charge in [-0.25, -0.2) is 0 Å². The van der Waals surface area contributed by atoms with Gasteiger partial charge in [-0.3, -0.25) is 4.68 Å². The van der Waals surface area contributed by atoms with Crippen LogP contribution in [0.3, 0.4) is 0 Å². The summed E-state index contributed by atoms with van der Waals surface area (Å²) in [5, 5.41) is 13.1. The Morgan fingerprint density at radius 3 is 2.77 bits per heavy atom. The first-order valence-electron chi connectivity index (χ1n) is 4.33. The van der Waals surface area contributed by atoms with Crippen LogP contribution in [0.2, 0.25) is 5.02 Å². The van der Waals surface area contributed by atoms with Crippen LogP contribution < -0.4 is 5.73 Å². The number of aliphatic hydroxyl groups is 1. The van der Waals surface area contributed by atoms with Crippen molar-refractivity contribution >= 4 is 17.4 Å². The lowest BCUT2D eigenvalue weighted by Gasteiger charge is -1.99. The average Bonchev–Trinajstić information content (AvgIpc) is 2.41. The molecule has 0 spiro atoms. The van der Waals surface area contributed by atoms with E-state index in [0.29, 0.717) is 10.8 Å². The number of hydrogen-bond donors (Lipinski definition) is 2. The summed E-state index contributed by atoms with van der Waals surface area (Å²) in [6, 6.07) is 0. The lowest BCUT2D eigenvalue weighted by molar-refractivity contribution is 0.281. The third-order valence-corrected chi connectivity index (χ3v) is 2.08. The molecule has 0 aliphatic rings. The van der Waals surface area contributed by atoms with Gasteiger partial charge in [0.1, 0.15) is 5.02 Å². The van der Waals surface area contributed by atoms with E-state index in [1.165, 1.54) is 0 Å². The highest BCUT2D eigenvalue weighted by atomic mass is 35.5. The molecule has 4 nitrogen and oxygen atoms in total. The third kappa shape index (κ3) is 3.24. The SMILES string of the molecule is Nc1nn(CCCCCO)cc1Cl. The summed E-state index contributed by atoms with van der Waals surface area (Å²) in [5.41, 5.74) is 5.47. The lowest BCUT2D eigenvalue weighted by Crippen LogP contribution is -1.99. The smallest absolute Gasteiger partial charge is 0.164 e. The Morgan fingerprint density at radius 2 is 2.23 bits per heavy atom. The van der Waals surface area contributed by atoms with Crippen LogP contribution in [0.1, 0.15) is 19.3 Å². The molecule has 0 saturated heterocycles. The monoisotopic (exact) mass is 203 g/mol. The standard InChI is InChI=1S/C8H14ClN3O/c9-7-6-12(11-8(7)10)4-2-1-3-5-13/h6,13H,1-5H2,(H2,10,11). The van der Waals surface area contributed by atoms with Gasteiger partial charge in [-0.2, -0.15) is 5.10 Å². The molecule has 0 saturated carbocycles. The average molecular weight is 204 g/mol. The van der Waals surface area contributed by atoms with Crippen LogP contribution in [0.25, 0.3) is 0 Å². The molecule has 13 heavy (non-hydrogen) atoms. The zero-order chi connectivity index (χ0) is 9.68. The van der Waals surface area contributed by atoms with Crippen LogP contribution >= 0.6 is 11.6 Å². The van der Waals surface area contributed by atoms with Gasteiger partial charge in [0, 0.05) is 19.3 Å². The van der Waals surface area contributed by atoms with Crippen molar-refractivity contribution < 1.29 is 5.11 Å². The van der Waals surface area contributed by atoms with Gasteiger partial charge in [-0.1, -0.05) is 11.6 Å². The van der Waals surface area contributed by atoms with Crippen molar-refractivity contribution in [2.24, 2.45) is 0 Å². The van der Waals surface area contributed by atoms with Gasteiger partial charge in [0.2, 0.25) is 0 Å². The Labute approximate surface area is 82.3 Å². The van der Waals surface area contributed by atoms with Gasteiger partial charge in [0.05, 0.1) is 0 Å². The van der Waals surface area contributed by atoms with Gasteiger partial charge < -0.3 is 10.8 Å². The summed E-state index contributed by atoms with van der Waals surface area (Å²) in [7, 11) is 0. The fourth-order valence-electron chi connectivity index (χ4n) is 1.09. The van der Waals surface area contributed by atoms with E-state index in [0.717, 1.165) is 25.8 Å². The lowest BCUT2D eigenvalue weighted by atomic mass is 10.2. The van der Waals surface area contributed by atoms with Crippen molar-refractivity contribution in [2.45, 2.75) is 25.8 Å².